The Morgan fingerprint density at radius 2 is 0.857 bits per heavy atom. The number of furan rings is 1. The highest BCUT2D eigenvalue weighted by Crippen LogP contribution is 2.50. The fourth-order valence-corrected chi connectivity index (χ4v) is 9.96. The lowest BCUT2D eigenvalue weighted by Gasteiger charge is -2.27. The van der Waals surface area contributed by atoms with Crippen LogP contribution in [0.3, 0.4) is 0 Å². The summed E-state index contributed by atoms with van der Waals surface area (Å²) in [7, 11) is 0. The maximum atomic E-state index is 6.40. The maximum absolute atomic E-state index is 6.40. The van der Waals surface area contributed by atoms with Gasteiger partial charge in [0.15, 0.2) is 0 Å². The Morgan fingerprint density at radius 1 is 0.349 bits per heavy atom. The molecule has 1 heterocycles. The highest BCUT2D eigenvalue weighted by atomic mass is 16.3. The third-order valence-corrected chi connectivity index (χ3v) is 13.3. The third-order valence-electron chi connectivity index (χ3n) is 13.3. The molecule has 10 aromatic carbocycles. The number of anilines is 3. The zero-order valence-electron chi connectivity index (χ0n) is 35.2. The van der Waals surface area contributed by atoms with Crippen molar-refractivity contribution in [2.24, 2.45) is 0 Å². The van der Waals surface area contributed by atoms with E-state index in [0.29, 0.717) is 0 Å². The van der Waals surface area contributed by atoms with Crippen molar-refractivity contribution in [2.75, 3.05) is 4.90 Å². The van der Waals surface area contributed by atoms with Crippen LogP contribution < -0.4 is 4.90 Å². The van der Waals surface area contributed by atoms with E-state index < -0.39 is 0 Å². The standard InChI is InChI=1S/C61H43NO/c1-61(2)55-17-7-5-15-52(55)53-36-31-49(39-56(53)61)44-29-34-51(35-30-44)62(57-18-10-20-59-60(57)54-16-6-8-19-58(54)63-59)50-32-27-42(28-33-50)41-21-23-43(24-22-41)46-13-9-14-47(37-46)48-26-25-40-11-3-4-12-45(40)38-48/h3-39H,1-2H3. The summed E-state index contributed by atoms with van der Waals surface area (Å²) in [5.41, 5.74) is 20.0. The Bertz CT molecular complexity index is 3520. The van der Waals surface area contributed by atoms with Gasteiger partial charge in [-0.2, -0.15) is 0 Å². The third kappa shape index (κ3) is 6.25. The van der Waals surface area contributed by atoms with Crippen molar-refractivity contribution < 1.29 is 4.42 Å². The molecule has 0 aliphatic heterocycles. The molecule has 1 aliphatic rings. The fourth-order valence-electron chi connectivity index (χ4n) is 9.96. The number of benzene rings is 10. The minimum absolute atomic E-state index is 0.0518. The normalized spacial score (nSPS) is 12.7. The van der Waals surface area contributed by atoms with Crippen LogP contribution in [0.25, 0.3) is 88.3 Å². The maximum Gasteiger partial charge on any atom is 0.137 e. The molecule has 0 unspecified atom stereocenters. The van der Waals surface area contributed by atoms with E-state index in [1.165, 1.54) is 77.5 Å². The average Bonchev–Trinajstić information content (AvgIpc) is 3.84. The van der Waals surface area contributed by atoms with Gasteiger partial charge in [-0.15, -0.1) is 0 Å². The van der Waals surface area contributed by atoms with Gasteiger partial charge in [-0.25, -0.2) is 0 Å². The van der Waals surface area contributed by atoms with Crippen LogP contribution in [0, 0.1) is 0 Å². The van der Waals surface area contributed by atoms with Gasteiger partial charge in [0.25, 0.3) is 0 Å². The van der Waals surface area contributed by atoms with Crippen LogP contribution in [-0.4, -0.2) is 0 Å². The molecule has 63 heavy (non-hydrogen) atoms. The van der Waals surface area contributed by atoms with Crippen LogP contribution >= 0.6 is 0 Å². The second-order valence-electron chi connectivity index (χ2n) is 17.3. The Labute approximate surface area is 368 Å². The van der Waals surface area contributed by atoms with Crippen molar-refractivity contribution in [1.29, 1.82) is 0 Å². The van der Waals surface area contributed by atoms with Gasteiger partial charge in [0.2, 0.25) is 0 Å². The van der Waals surface area contributed by atoms with Crippen molar-refractivity contribution >= 4 is 49.8 Å². The number of fused-ring (bicyclic) bond motifs is 7. The molecule has 1 aromatic heterocycles. The molecule has 0 saturated carbocycles. The topological polar surface area (TPSA) is 16.4 Å². The molecule has 0 fully saturated rings. The molecule has 0 saturated heterocycles. The smallest absolute Gasteiger partial charge is 0.137 e. The van der Waals surface area contributed by atoms with Crippen molar-refractivity contribution in [3.8, 4) is 55.6 Å². The van der Waals surface area contributed by atoms with Crippen LogP contribution in [0.1, 0.15) is 25.0 Å². The van der Waals surface area contributed by atoms with E-state index in [0.717, 1.165) is 39.0 Å². The van der Waals surface area contributed by atoms with E-state index in [-0.39, 0.29) is 5.41 Å². The molecule has 0 spiro atoms. The fraction of sp³-hybridized carbons (Fsp3) is 0.0492. The number of rotatable bonds is 7. The largest absolute Gasteiger partial charge is 0.456 e. The van der Waals surface area contributed by atoms with Crippen LogP contribution in [0.15, 0.2) is 229 Å². The molecule has 12 rings (SSSR count). The van der Waals surface area contributed by atoms with E-state index in [9.17, 15) is 0 Å². The summed E-state index contributed by atoms with van der Waals surface area (Å²) < 4.78 is 6.40. The Balaban J connectivity index is 0.881. The lowest BCUT2D eigenvalue weighted by atomic mass is 9.81. The number of hydrogen-bond acceptors (Lipinski definition) is 2. The minimum atomic E-state index is -0.0518. The summed E-state index contributed by atoms with van der Waals surface area (Å²) >= 11 is 0. The first-order valence-corrected chi connectivity index (χ1v) is 21.8. The van der Waals surface area contributed by atoms with Crippen molar-refractivity contribution in [2.45, 2.75) is 19.3 Å². The predicted molar refractivity (Wildman–Crippen MR) is 265 cm³/mol. The zero-order valence-corrected chi connectivity index (χ0v) is 35.2. The Morgan fingerprint density at radius 3 is 1.60 bits per heavy atom. The summed E-state index contributed by atoms with van der Waals surface area (Å²) in [6.45, 7) is 4.69. The van der Waals surface area contributed by atoms with E-state index in [4.69, 9.17) is 4.42 Å². The summed E-state index contributed by atoms with van der Waals surface area (Å²) in [6.07, 6.45) is 0. The number of hydrogen-bond donors (Lipinski definition) is 0. The predicted octanol–water partition coefficient (Wildman–Crippen LogP) is 17.2. The monoisotopic (exact) mass is 805 g/mol. The molecular weight excluding hydrogens is 763 g/mol. The van der Waals surface area contributed by atoms with Gasteiger partial charge < -0.3 is 9.32 Å². The summed E-state index contributed by atoms with van der Waals surface area (Å²) in [5.74, 6) is 0. The van der Waals surface area contributed by atoms with Gasteiger partial charge in [0.1, 0.15) is 11.2 Å². The number of nitrogens with zero attached hydrogens (tertiary/aromatic N) is 1. The van der Waals surface area contributed by atoms with E-state index in [1.54, 1.807) is 0 Å². The summed E-state index contributed by atoms with van der Waals surface area (Å²) in [5, 5.41) is 4.72. The van der Waals surface area contributed by atoms with Crippen molar-refractivity contribution in [3.63, 3.8) is 0 Å². The Kier molecular flexibility index (Phi) is 8.55. The lowest BCUT2D eigenvalue weighted by Crippen LogP contribution is -2.14. The SMILES string of the molecule is CC1(C)c2ccccc2-c2ccc(-c3ccc(N(c4ccc(-c5ccc(-c6cccc(-c7ccc8ccccc8c7)c6)cc5)cc4)c4cccc5oc6ccccc6c45)cc3)cc21. The minimum Gasteiger partial charge on any atom is -0.456 e. The zero-order chi connectivity index (χ0) is 42.1. The van der Waals surface area contributed by atoms with Gasteiger partial charge in [-0.3, -0.25) is 0 Å². The number of para-hydroxylation sites is 1. The summed E-state index contributed by atoms with van der Waals surface area (Å²) in [6, 6.07) is 81.6. The molecule has 11 aromatic rings. The quantitative estimate of drug-likeness (QED) is 0.160. The van der Waals surface area contributed by atoms with Gasteiger partial charge in [-0.1, -0.05) is 178 Å². The highest BCUT2D eigenvalue weighted by Gasteiger charge is 2.35. The van der Waals surface area contributed by atoms with Gasteiger partial charge >= 0.3 is 0 Å². The van der Waals surface area contributed by atoms with Gasteiger partial charge in [-0.05, 0) is 138 Å². The molecule has 0 atom stereocenters. The highest BCUT2D eigenvalue weighted by molar-refractivity contribution is 6.13. The first-order chi connectivity index (χ1) is 31.0. The first kappa shape index (κ1) is 36.9. The molecule has 298 valence electrons. The van der Waals surface area contributed by atoms with E-state index in [1.807, 2.05) is 6.07 Å². The molecule has 0 amide bonds. The van der Waals surface area contributed by atoms with Crippen LogP contribution in [-0.2, 0) is 5.41 Å². The molecule has 0 N–H and O–H groups in total. The van der Waals surface area contributed by atoms with E-state index in [2.05, 4.69) is 237 Å². The van der Waals surface area contributed by atoms with Crippen molar-refractivity contribution in [1.82, 2.24) is 0 Å². The first-order valence-electron chi connectivity index (χ1n) is 21.8. The second kappa shape index (κ2) is 14.6. The Hall–Kier alpha value is -7.94. The molecule has 1 aliphatic carbocycles. The lowest BCUT2D eigenvalue weighted by molar-refractivity contribution is 0.660. The second-order valence-corrected chi connectivity index (χ2v) is 17.3. The molecule has 0 radical (unpaired) electrons. The van der Waals surface area contributed by atoms with Crippen LogP contribution in [0.2, 0.25) is 0 Å². The van der Waals surface area contributed by atoms with E-state index >= 15 is 0 Å². The summed E-state index contributed by atoms with van der Waals surface area (Å²) in [4.78, 5) is 2.37. The van der Waals surface area contributed by atoms with Crippen LogP contribution in [0.5, 0.6) is 0 Å². The molecular formula is C61H43NO. The molecule has 0 bridgehead atoms. The van der Waals surface area contributed by atoms with Crippen LogP contribution in [0.4, 0.5) is 17.1 Å². The molecule has 2 nitrogen and oxygen atoms in total. The average molecular weight is 806 g/mol. The molecule has 2 heteroatoms. The van der Waals surface area contributed by atoms with Gasteiger partial charge in [0, 0.05) is 22.2 Å². The van der Waals surface area contributed by atoms with Gasteiger partial charge in [0.05, 0.1) is 11.1 Å². The van der Waals surface area contributed by atoms with Crippen molar-refractivity contribution in [3.05, 3.63) is 236 Å².